The number of hydrogen-bond donors (Lipinski definition) is 0. The third kappa shape index (κ3) is 3.88. The maximum Gasteiger partial charge on any atom is 0.363 e. The maximum absolute atomic E-state index is 12.3. The van der Waals surface area contributed by atoms with Crippen LogP contribution in [0.3, 0.4) is 0 Å². The Hall–Kier alpha value is -3.88. The van der Waals surface area contributed by atoms with Crippen molar-refractivity contribution in [2.45, 2.75) is 6.92 Å². The van der Waals surface area contributed by atoms with Crippen molar-refractivity contribution in [3.05, 3.63) is 62.8 Å². The van der Waals surface area contributed by atoms with Crippen molar-refractivity contribution in [3.63, 3.8) is 0 Å². The van der Waals surface area contributed by atoms with Crippen LogP contribution in [0.5, 0.6) is 17.2 Å². The van der Waals surface area contributed by atoms with Crippen LogP contribution in [0.4, 0.5) is 5.69 Å². The van der Waals surface area contributed by atoms with Crippen LogP contribution in [0.15, 0.2) is 41.0 Å². The van der Waals surface area contributed by atoms with Crippen LogP contribution in [0.2, 0.25) is 0 Å². The number of aliphatic imine (C=N–C) groups is 1. The van der Waals surface area contributed by atoms with Gasteiger partial charge in [0.05, 0.1) is 26.3 Å². The van der Waals surface area contributed by atoms with Crippen molar-refractivity contribution in [2.24, 2.45) is 4.99 Å². The Morgan fingerprint density at radius 3 is 2.31 bits per heavy atom. The Morgan fingerprint density at radius 1 is 1.03 bits per heavy atom. The highest BCUT2D eigenvalue weighted by Crippen LogP contribution is 2.36. The second kappa shape index (κ2) is 8.01. The predicted molar refractivity (Wildman–Crippen MR) is 105 cm³/mol. The molecule has 0 spiro atoms. The van der Waals surface area contributed by atoms with Crippen LogP contribution in [0.1, 0.15) is 16.7 Å². The lowest BCUT2D eigenvalue weighted by Crippen LogP contribution is -2.06. The molecule has 0 bridgehead atoms. The molecule has 0 fully saturated rings. The average molecular weight is 398 g/mol. The van der Waals surface area contributed by atoms with Crippen molar-refractivity contribution in [1.29, 1.82) is 0 Å². The molecule has 3 rings (SSSR count). The second-order valence-electron chi connectivity index (χ2n) is 6.04. The maximum atomic E-state index is 12.3. The number of aryl methyl sites for hydroxylation is 1. The first kappa shape index (κ1) is 19.9. The Balaban J connectivity index is 2.03. The summed E-state index contributed by atoms with van der Waals surface area (Å²) in [5.74, 6) is 0.669. The van der Waals surface area contributed by atoms with E-state index in [4.69, 9.17) is 18.9 Å². The predicted octanol–water partition coefficient (Wildman–Crippen LogP) is 3.27. The fourth-order valence-electron chi connectivity index (χ4n) is 2.78. The van der Waals surface area contributed by atoms with Gasteiger partial charge in [0.2, 0.25) is 5.90 Å². The first-order valence-corrected chi connectivity index (χ1v) is 8.46. The number of hydrogen-bond acceptors (Lipinski definition) is 8. The molecule has 2 aromatic rings. The topological polar surface area (TPSA) is 109 Å². The van der Waals surface area contributed by atoms with Gasteiger partial charge in [0.15, 0.2) is 17.2 Å². The molecule has 9 nitrogen and oxygen atoms in total. The average Bonchev–Trinajstić information content (AvgIpc) is 3.08. The van der Waals surface area contributed by atoms with E-state index in [1.807, 2.05) is 0 Å². The second-order valence-corrected chi connectivity index (χ2v) is 6.04. The number of nitrogens with zero attached hydrogens (tertiary/aromatic N) is 2. The Morgan fingerprint density at radius 2 is 1.69 bits per heavy atom. The number of rotatable bonds is 6. The monoisotopic (exact) mass is 398 g/mol. The summed E-state index contributed by atoms with van der Waals surface area (Å²) in [6, 6.07) is 7.76. The van der Waals surface area contributed by atoms with E-state index in [0.29, 0.717) is 33.9 Å². The molecule has 9 heteroatoms. The van der Waals surface area contributed by atoms with Gasteiger partial charge in [0.1, 0.15) is 5.75 Å². The lowest BCUT2D eigenvalue weighted by atomic mass is 10.1. The van der Waals surface area contributed by atoms with Gasteiger partial charge in [-0.05, 0) is 25.1 Å². The number of cyclic esters (lactones) is 1. The van der Waals surface area contributed by atoms with Gasteiger partial charge in [-0.1, -0.05) is 6.07 Å². The summed E-state index contributed by atoms with van der Waals surface area (Å²) in [7, 11) is 4.48. The lowest BCUT2D eigenvalue weighted by molar-refractivity contribution is -0.385. The van der Waals surface area contributed by atoms with E-state index in [9.17, 15) is 14.9 Å². The summed E-state index contributed by atoms with van der Waals surface area (Å²) in [5, 5.41) is 11.2. The molecular weight excluding hydrogens is 380 g/mol. The molecule has 2 aromatic carbocycles. The zero-order valence-corrected chi connectivity index (χ0v) is 16.2. The lowest BCUT2D eigenvalue weighted by Gasteiger charge is -2.12. The highest BCUT2D eigenvalue weighted by atomic mass is 16.6. The molecule has 1 aliphatic rings. The minimum absolute atomic E-state index is 0.0104. The molecule has 0 unspecified atom stereocenters. The smallest absolute Gasteiger partial charge is 0.363 e. The first-order valence-electron chi connectivity index (χ1n) is 8.46. The number of ether oxygens (including phenoxy) is 4. The number of esters is 1. The molecule has 150 valence electrons. The van der Waals surface area contributed by atoms with E-state index >= 15 is 0 Å². The minimum atomic E-state index is -0.680. The zero-order chi connectivity index (χ0) is 21.1. The molecule has 0 radical (unpaired) electrons. The van der Waals surface area contributed by atoms with Gasteiger partial charge in [0.25, 0.3) is 5.69 Å². The van der Waals surface area contributed by atoms with Crippen molar-refractivity contribution in [1.82, 2.24) is 0 Å². The zero-order valence-electron chi connectivity index (χ0n) is 16.2. The molecule has 0 aromatic heterocycles. The quantitative estimate of drug-likeness (QED) is 0.318. The number of benzene rings is 2. The number of methoxy groups -OCH3 is 3. The molecule has 0 N–H and O–H groups in total. The van der Waals surface area contributed by atoms with E-state index in [-0.39, 0.29) is 17.3 Å². The molecule has 0 atom stereocenters. The number of carbonyl (C=O) groups is 1. The normalized spacial score (nSPS) is 14.4. The molecule has 0 saturated heterocycles. The van der Waals surface area contributed by atoms with E-state index in [2.05, 4.69) is 4.99 Å². The van der Waals surface area contributed by atoms with Crippen LogP contribution in [0.25, 0.3) is 6.08 Å². The summed E-state index contributed by atoms with van der Waals surface area (Å²) in [5.41, 5.74) is 1.29. The van der Waals surface area contributed by atoms with Crippen molar-refractivity contribution < 1.29 is 28.7 Å². The Labute approximate surface area is 166 Å². The first-order chi connectivity index (χ1) is 13.9. The standard InChI is InChI=1S/C20H18N2O7/c1-11-5-6-12(8-15(11)22(24)25)19-21-14(20(23)29-19)7-13-9-17(27-3)18(28-4)10-16(13)26-2/h5-10H,1-4H3/b14-7+. The van der Waals surface area contributed by atoms with Gasteiger partial charge in [0, 0.05) is 28.8 Å². The van der Waals surface area contributed by atoms with Crippen LogP contribution in [0, 0.1) is 17.0 Å². The summed E-state index contributed by atoms with van der Waals surface area (Å²) in [6.45, 7) is 1.62. The summed E-state index contributed by atoms with van der Waals surface area (Å²) >= 11 is 0. The summed E-state index contributed by atoms with van der Waals surface area (Å²) in [6.07, 6.45) is 1.48. The van der Waals surface area contributed by atoms with E-state index < -0.39 is 10.9 Å². The molecule has 1 aliphatic heterocycles. The van der Waals surface area contributed by atoms with Crippen molar-refractivity contribution >= 4 is 23.6 Å². The molecule has 0 amide bonds. The largest absolute Gasteiger partial charge is 0.496 e. The van der Waals surface area contributed by atoms with Gasteiger partial charge < -0.3 is 18.9 Å². The van der Waals surface area contributed by atoms with E-state index in [1.54, 1.807) is 31.2 Å². The van der Waals surface area contributed by atoms with Gasteiger partial charge in [-0.25, -0.2) is 9.79 Å². The van der Waals surface area contributed by atoms with E-state index in [0.717, 1.165) is 0 Å². The van der Waals surface area contributed by atoms with Crippen LogP contribution in [-0.2, 0) is 9.53 Å². The third-order valence-electron chi connectivity index (χ3n) is 4.30. The van der Waals surface area contributed by atoms with Crippen molar-refractivity contribution in [3.8, 4) is 17.2 Å². The SMILES string of the molecule is COc1cc(OC)c(OC)cc1/C=C1/N=C(c2ccc(C)c([N+](=O)[O-])c2)OC1=O. The molecule has 29 heavy (non-hydrogen) atoms. The molecule has 0 aliphatic carbocycles. The minimum Gasteiger partial charge on any atom is -0.496 e. The van der Waals surface area contributed by atoms with Crippen LogP contribution < -0.4 is 14.2 Å². The summed E-state index contributed by atoms with van der Waals surface area (Å²) in [4.78, 5) is 27.1. The fourth-order valence-corrected chi connectivity index (χ4v) is 2.78. The van der Waals surface area contributed by atoms with Crippen molar-refractivity contribution in [2.75, 3.05) is 21.3 Å². The van der Waals surface area contributed by atoms with E-state index in [1.165, 1.54) is 33.5 Å². The molecular formula is C20H18N2O7. The van der Waals surface area contributed by atoms with Gasteiger partial charge in [-0.15, -0.1) is 0 Å². The van der Waals surface area contributed by atoms with Crippen LogP contribution >= 0.6 is 0 Å². The van der Waals surface area contributed by atoms with Gasteiger partial charge in [-0.3, -0.25) is 10.1 Å². The van der Waals surface area contributed by atoms with Gasteiger partial charge >= 0.3 is 5.97 Å². The fraction of sp³-hybridized carbons (Fsp3) is 0.200. The highest BCUT2D eigenvalue weighted by molar-refractivity contribution is 6.13. The number of nitro groups is 1. The van der Waals surface area contributed by atoms with Gasteiger partial charge in [-0.2, -0.15) is 0 Å². The third-order valence-corrected chi connectivity index (χ3v) is 4.30. The Bertz CT molecular complexity index is 1060. The summed E-state index contributed by atoms with van der Waals surface area (Å²) < 4.78 is 21.1. The number of nitro benzene ring substituents is 1. The highest BCUT2D eigenvalue weighted by Gasteiger charge is 2.26. The number of carbonyl (C=O) groups excluding carboxylic acids is 1. The molecule has 0 saturated carbocycles. The van der Waals surface area contributed by atoms with Crippen LogP contribution in [-0.4, -0.2) is 38.1 Å². The molecule has 1 heterocycles. The Kier molecular flexibility index (Phi) is 5.49.